The number of nitrogens with one attached hydrogen (secondary N) is 1. The van der Waals surface area contributed by atoms with Crippen molar-refractivity contribution in [3.05, 3.63) is 53.9 Å². The lowest BCUT2D eigenvalue weighted by molar-refractivity contribution is -0.133. The van der Waals surface area contributed by atoms with Gasteiger partial charge in [0.2, 0.25) is 0 Å². The number of amides is 1. The van der Waals surface area contributed by atoms with Gasteiger partial charge in [0.15, 0.2) is 5.67 Å². The Bertz CT molecular complexity index is 840. The summed E-state index contributed by atoms with van der Waals surface area (Å²) in [6, 6.07) is 8.17. The summed E-state index contributed by atoms with van der Waals surface area (Å²) in [5.41, 5.74) is 0.638. The summed E-state index contributed by atoms with van der Waals surface area (Å²) in [5.74, 6) is -1.64. The number of aliphatic hydroxyl groups excluding tert-OH is 1. The molecule has 2 N–H and O–H groups in total. The molecule has 0 spiro atoms. The van der Waals surface area contributed by atoms with Crippen LogP contribution in [0.5, 0.6) is 0 Å². The fourth-order valence-electron chi connectivity index (χ4n) is 3.35. The highest BCUT2D eigenvalue weighted by Crippen LogP contribution is 2.34. The number of halogens is 4. The van der Waals surface area contributed by atoms with Gasteiger partial charge in [0.25, 0.3) is 5.91 Å². The van der Waals surface area contributed by atoms with Gasteiger partial charge in [0.05, 0.1) is 11.7 Å². The van der Waals surface area contributed by atoms with Crippen LogP contribution in [-0.2, 0) is 10.5 Å². The summed E-state index contributed by atoms with van der Waals surface area (Å²) in [6.07, 6.45) is -3.23. The molecule has 1 aliphatic rings. The number of likely N-dealkylation sites (tertiary alicyclic amines) is 1. The summed E-state index contributed by atoms with van der Waals surface area (Å²) in [4.78, 5) is 17.1. The van der Waals surface area contributed by atoms with Crippen LogP contribution in [-0.4, -0.2) is 60.2 Å². The van der Waals surface area contributed by atoms with Crippen LogP contribution in [0, 0.1) is 0 Å². The van der Waals surface area contributed by atoms with Crippen molar-refractivity contribution in [3.8, 4) is 11.1 Å². The highest BCUT2D eigenvalue weighted by atomic mass is 19.3. The highest BCUT2D eigenvalue weighted by Gasteiger charge is 2.44. The maximum absolute atomic E-state index is 14.6. The van der Waals surface area contributed by atoms with Gasteiger partial charge in [-0.15, -0.1) is 0 Å². The maximum Gasteiger partial charge on any atom is 0.315 e. The number of benzene rings is 1. The molecule has 2 heterocycles. The summed E-state index contributed by atoms with van der Waals surface area (Å²) in [7, 11) is 1.83. The molecule has 0 unspecified atom stereocenters. The van der Waals surface area contributed by atoms with E-state index >= 15 is 0 Å². The molecule has 2 atom stereocenters. The molecule has 0 bridgehead atoms. The van der Waals surface area contributed by atoms with E-state index < -0.39 is 36.8 Å². The summed E-state index contributed by atoms with van der Waals surface area (Å²) >= 11 is 0. The Kier molecular flexibility index (Phi) is 6.18. The van der Waals surface area contributed by atoms with E-state index in [0.717, 1.165) is 11.1 Å². The normalized spacial score (nSPS) is 18.2. The second kappa shape index (κ2) is 8.46. The van der Waals surface area contributed by atoms with E-state index in [1.54, 1.807) is 35.8 Å². The summed E-state index contributed by atoms with van der Waals surface area (Å²) < 4.78 is 52.3. The van der Waals surface area contributed by atoms with Gasteiger partial charge >= 0.3 is 6.43 Å². The van der Waals surface area contributed by atoms with Crippen molar-refractivity contribution >= 4 is 5.91 Å². The van der Waals surface area contributed by atoms with Gasteiger partial charge in [-0.05, 0) is 24.2 Å². The molecule has 1 fully saturated rings. The van der Waals surface area contributed by atoms with Crippen LogP contribution in [0.4, 0.5) is 17.6 Å². The van der Waals surface area contributed by atoms with E-state index in [1.807, 2.05) is 11.9 Å². The third-order valence-corrected chi connectivity index (χ3v) is 4.92. The van der Waals surface area contributed by atoms with E-state index in [0.29, 0.717) is 18.8 Å². The largest absolute Gasteiger partial charge is 0.386 e. The van der Waals surface area contributed by atoms with Crippen molar-refractivity contribution in [1.82, 2.24) is 15.2 Å². The minimum Gasteiger partial charge on any atom is -0.386 e. The van der Waals surface area contributed by atoms with E-state index in [-0.39, 0.29) is 5.56 Å². The Morgan fingerprint density at radius 3 is 2.31 bits per heavy atom. The standard InChI is InChI=1S/C20H21F4N3O2/c1-27-10-20(24,11-27)16-7-6-14(9-25-16)12-2-4-13(5-3-12)17(28)15(8-21)26-19(29)18(22)23/h2-7,9,15,17-18,28H,8,10-11H2,1H3,(H,26,29)/t15-,17-/m1/s1. The van der Waals surface area contributed by atoms with Gasteiger partial charge in [-0.3, -0.25) is 14.7 Å². The van der Waals surface area contributed by atoms with Gasteiger partial charge in [-0.1, -0.05) is 30.3 Å². The molecule has 2 aromatic rings. The van der Waals surface area contributed by atoms with Gasteiger partial charge in [-0.2, -0.15) is 8.78 Å². The van der Waals surface area contributed by atoms with Crippen molar-refractivity contribution < 1.29 is 27.5 Å². The predicted octanol–water partition coefficient (Wildman–Crippen LogP) is 2.61. The zero-order valence-corrected chi connectivity index (χ0v) is 15.7. The molecule has 3 rings (SSSR count). The second-order valence-corrected chi connectivity index (χ2v) is 7.21. The number of carbonyl (C=O) groups is 1. The fourth-order valence-corrected chi connectivity index (χ4v) is 3.35. The van der Waals surface area contributed by atoms with E-state index in [4.69, 9.17) is 0 Å². The first kappa shape index (κ1) is 21.2. The Labute approximate surface area is 165 Å². The molecule has 156 valence electrons. The molecule has 0 aliphatic carbocycles. The second-order valence-electron chi connectivity index (χ2n) is 7.21. The molecule has 29 heavy (non-hydrogen) atoms. The Balaban J connectivity index is 1.70. The van der Waals surface area contributed by atoms with Crippen molar-refractivity contribution in [2.75, 3.05) is 26.8 Å². The number of rotatable bonds is 7. The lowest BCUT2D eigenvalue weighted by Gasteiger charge is -2.41. The van der Waals surface area contributed by atoms with Gasteiger partial charge < -0.3 is 10.4 Å². The maximum atomic E-state index is 14.6. The smallest absolute Gasteiger partial charge is 0.315 e. The fraction of sp³-hybridized carbons (Fsp3) is 0.400. The molecular weight excluding hydrogens is 390 g/mol. The van der Waals surface area contributed by atoms with Crippen molar-refractivity contribution in [1.29, 1.82) is 0 Å². The van der Waals surface area contributed by atoms with Gasteiger partial charge in [-0.25, -0.2) is 8.78 Å². The van der Waals surface area contributed by atoms with Crippen LogP contribution < -0.4 is 5.32 Å². The highest BCUT2D eigenvalue weighted by molar-refractivity contribution is 5.79. The SMILES string of the molecule is CN1CC(F)(c2ccc(-c3ccc([C@@H](O)[C@@H](CF)NC(=O)C(F)F)cc3)cn2)C1. The zero-order chi connectivity index (χ0) is 21.2. The lowest BCUT2D eigenvalue weighted by Crippen LogP contribution is -2.54. The molecule has 1 saturated heterocycles. The quantitative estimate of drug-likeness (QED) is 0.688. The van der Waals surface area contributed by atoms with Crippen LogP contribution in [0.3, 0.4) is 0 Å². The van der Waals surface area contributed by atoms with Crippen LogP contribution in [0.25, 0.3) is 11.1 Å². The first-order chi connectivity index (χ1) is 13.7. The Morgan fingerprint density at radius 2 is 1.83 bits per heavy atom. The minimum atomic E-state index is -3.29. The third kappa shape index (κ3) is 4.56. The summed E-state index contributed by atoms with van der Waals surface area (Å²) in [5, 5.41) is 12.0. The van der Waals surface area contributed by atoms with E-state index in [1.165, 1.54) is 12.1 Å². The lowest BCUT2D eigenvalue weighted by atomic mass is 9.92. The molecule has 0 saturated carbocycles. The molecule has 1 aromatic heterocycles. The van der Waals surface area contributed by atoms with E-state index in [9.17, 15) is 27.5 Å². The number of alkyl halides is 4. The molecule has 9 heteroatoms. The average Bonchev–Trinajstić information content (AvgIpc) is 2.70. The average molecular weight is 411 g/mol. The Hall–Kier alpha value is -2.52. The number of likely N-dealkylation sites (N-methyl/N-ethyl adjacent to an activating group) is 1. The van der Waals surface area contributed by atoms with Crippen LogP contribution in [0.2, 0.25) is 0 Å². The molecule has 1 aliphatic heterocycles. The van der Waals surface area contributed by atoms with E-state index in [2.05, 4.69) is 4.98 Å². The molecule has 0 radical (unpaired) electrons. The number of carbonyl (C=O) groups excluding carboxylic acids is 1. The Morgan fingerprint density at radius 1 is 1.21 bits per heavy atom. The monoisotopic (exact) mass is 411 g/mol. The van der Waals surface area contributed by atoms with Crippen LogP contribution in [0.15, 0.2) is 42.6 Å². The molecule has 5 nitrogen and oxygen atoms in total. The number of nitrogens with zero attached hydrogens (tertiary/aromatic N) is 2. The minimum absolute atomic E-state index is 0.260. The molecular formula is C20H21F4N3O2. The predicted molar refractivity (Wildman–Crippen MR) is 98.8 cm³/mol. The molecule has 1 amide bonds. The number of aliphatic hydroxyl groups is 1. The number of hydrogen-bond acceptors (Lipinski definition) is 4. The van der Waals surface area contributed by atoms with Crippen molar-refractivity contribution in [2.24, 2.45) is 0 Å². The first-order valence-electron chi connectivity index (χ1n) is 9.00. The topological polar surface area (TPSA) is 65.5 Å². The zero-order valence-electron chi connectivity index (χ0n) is 15.7. The van der Waals surface area contributed by atoms with Crippen LogP contribution in [0.1, 0.15) is 17.4 Å². The third-order valence-electron chi connectivity index (χ3n) is 4.92. The molecule has 1 aromatic carbocycles. The summed E-state index contributed by atoms with van der Waals surface area (Å²) in [6.45, 7) is -0.611. The van der Waals surface area contributed by atoms with Gasteiger partial charge in [0, 0.05) is 24.8 Å². The number of hydrogen-bond donors (Lipinski definition) is 2. The van der Waals surface area contributed by atoms with Gasteiger partial charge in [0.1, 0.15) is 12.8 Å². The van der Waals surface area contributed by atoms with Crippen LogP contribution >= 0.6 is 0 Å². The number of pyridine rings is 1. The first-order valence-corrected chi connectivity index (χ1v) is 9.00. The van der Waals surface area contributed by atoms with Crippen molar-refractivity contribution in [2.45, 2.75) is 24.2 Å². The number of aromatic nitrogens is 1. The van der Waals surface area contributed by atoms with Crippen molar-refractivity contribution in [3.63, 3.8) is 0 Å².